The van der Waals surface area contributed by atoms with Crippen LogP contribution in [0.2, 0.25) is 0 Å². The zero-order chi connectivity index (χ0) is 13.4. The number of nitrogens with one attached hydrogen (secondary N) is 1. The van der Waals surface area contributed by atoms with Crippen LogP contribution in [0, 0.1) is 11.8 Å². The number of amides is 1. The first-order chi connectivity index (χ1) is 9.16. The van der Waals surface area contributed by atoms with Gasteiger partial charge in [-0.15, -0.1) is 0 Å². The molecule has 1 saturated heterocycles. The molecule has 0 aromatic carbocycles. The number of aromatic nitrogens is 1. The number of hydrogen-bond acceptors (Lipinski definition) is 4. The highest BCUT2D eigenvalue weighted by Gasteiger charge is 2.53. The Morgan fingerprint density at radius 1 is 1.26 bits per heavy atom. The van der Waals surface area contributed by atoms with Gasteiger partial charge in [-0.3, -0.25) is 14.6 Å². The maximum atomic E-state index is 12.2. The van der Waals surface area contributed by atoms with Crippen LogP contribution in [0.1, 0.15) is 0 Å². The summed E-state index contributed by atoms with van der Waals surface area (Å²) in [6.07, 6.45) is 5.60. The fourth-order valence-corrected chi connectivity index (χ4v) is 2.58. The van der Waals surface area contributed by atoms with Crippen molar-refractivity contribution in [1.82, 2.24) is 4.98 Å². The molecular weight excluding hydrogens is 248 g/mol. The number of fused-ring (bicyclic) bond motifs is 2. The maximum Gasteiger partial charge on any atom is 0.310 e. The number of aliphatic carboxylic acids is 1. The van der Waals surface area contributed by atoms with E-state index < -0.39 is 30.0 Å². The highest BCUT2D eigenvalue weighted by atomic mass is 16.5. The zero-order valence-corrected chi connectivity index (χ0v) is 9.89. The second-order valence-electron chi connectivity index (χ2n) is 4.57. The van der Waals surface area contributed by atoms with Gasteiger partial charge in [0.25, 0.3) is 0 Å². The van der Waals surface area contributed by atoms with Crippen molar-refractivity contribution in [2.24, 2.45) is 11.8 Å². The molecule has 6 nitrogen and oxygen atoms in total. The van der Waals surface area contributed by atoms with Crippen LogP contribution in [-0.2, 0) is 14.3 Å². The van der Waals surface area contributed by atoms with E-state index in [-0.39, 0.29) is 5.91 Å². The summed E-state index contributed by atoms with van der Waals surface area (Å²) >= 11 is 0. The van der Waals surface area contributed by atoms with Crippen molar-refractivity contribution in [1.29, 1.82) is 0 Å². The number of nitrogens with zero attached hydrogens (tertiary/aromatic N) is 1. The molecule has 0 spiro atoms. The molecule has 3 heterocycles. The van der Waals surface area contributed by atoms with Gasteiger partial charge < -0.3 is 15.2 Å². The quantitative estimate of drug-likeness (QED) is 0.780. The number of carboxylic acids is 1. The molecule has 1 fully saturated rings. The minimum Gasteiger partial charge on any atom is -0.481 e. The van der Waals surface area contributed by atoms with Gasteiger partial charge in [0.1, 0.15) is 5.92 Å². The van der Waals surface area contributed by atoms with E-state index in [1.54, 1.807) is 30.5 Å². The second-order valence-corrected chi connectivity index (χ2v) is 4.57. The van der Waals surface area contributed by atoms with E-state index in [0.717, 1.165) is 0 Å². The minimum atomic E-state index is -1.01. The molecule has 6 heteroatoms. The summed E-state index contributed by atoms with van der Waals surface area (Å²) < 4.78 is 5.45. The Morgan fingerprint density at radius 2 is 2.00 bits per heavy atom. The highest BCUT2D eigenvalue weighted by molar-refractivity contribution is 5.96. The molecule has 2 aliphatic rings. The lowest BCUT2D eigenvalue weighted by atomic mass is 9.82. The van der Waals surface area contributed by atoms with Gasteiger partial charge in [-0.2, -0.15) is 0 Å². The predicted molar refractivity (Wildman–Crippen MR) is 65.3 cm³/mol. The molecule has 19 heavy (non-hydrogen) atoms. The Kier molecular flexibility index (Phi) is 2.79. The second kappa shape index (κ2) is 4.47. The third kappa shape index (κ3) is 2.00. The number of carbonyl (C=O) groups excluding carboxylic acids is 1. The van der Waals surface area contributed by atoms with Crippen molar-refractivity contribution in [3.8, 4) is 0 Å². The first kappa shape index (κ1) is 11.9. The summed E-state index contributed by atoms with van der Waals surface area (Å²) in [6, 6.07) is 3.39. The summed E-state index contributed by atoms with van der Waals surface area (Å²) in [7, 11) is 0. The average molecular weight is 260 g/mol. The lowest BCUT2D eigenvalue weighted by Crippen LogP contribution is -2.39. The van der Waals surface area contributed by atoms with Gasteiger partial charge in [-0.05, 0) is 12.1 Å². The molecule has 0 unspecified atom stereocenters. The molecule has 2 bridgehead atoms. The molecule has 1 aromatic heterocycles. The third-order valence-corrected chi connectivity index (χ3v) is 3.42. The number of carboxylic acid groups (broad SMARTS) is 1. The summed E-state index contributed by atoms with van der Waals surface area (Å²) in [5.74, 6) is -2.89. The Hall–Kier alpha value is -2.21. The fraction of sp³-hybridized carbons (Fsp3) is 0.308. The lowest BCUT2D eigenvalue weighted by Gasteiger charge is -2.20. The maximum absolute atomic E-state index is 12.2. The van der Waals surface area contributed by atoms with Gasteiger partial charge in [-0.25, -0.2) is 0 Å². The Morgan fingerprint density at radius 3 is 2.63 bits per heavy atom. The van der Waals surface area contributed by atoms with E-state index in [4.69, 9.17) is 4.74 Å². The van der Waals surface area contributed by atoms with E-state index in [1.807, 2.05) is 0 Å². The van der Waals surface area contributed by atoms with Crippen LogP contribution in [-0.4, -0.2) is 34.2 Å². The number of hydrogen-bond donors (Lipinski definition) is 2. The Balaban J connectivity index is 1.79. The number of ether oxygens (including phenoxy) is 1. The molecule has 2 aliphatic heterocycles. The van der Waals surface area contributed by atoms with Crippen LogP contribution in [0.4, 0.5) is 5.69 Å². The van der Waals surface area contributed by atoms with Crippen LogP contribution in [0.25, 0.3) is 0 Å². The summed E-state index contributed by atoms with van der Waals surface area (Å²) in [6.45, 7) is 0. The molecule has 98 valence electrons. The van der Waals surface area contributed by atoms with Gasteiger partial charge in [0, 0.05) is 6.20 Å². The van der Waals surface area contributed by atoms with E-state index in [2.05, 4.69) is 10.3 Å². The Bertz CT molecular complexity index is 543. The first-order valence-electron chi connectivity index (χ1n) is 5.94. The smallest absolute Gasteiger partial charge is 0.310 e. The standard InChI is InChI=1S/C13H12N2O4/c16-12(15-7-2-1-5-14-6-7)10-8-3-4-9(19-8)11(10)13(17)18/h1-6,8-11H,(H,15,16)(H,17,18)/t8-,9-,10-,11+/m1/s1. The molecule has 1 amide bonds. The monoisotopic (exact) mass is 260 g/mol. The van der Waals surface area contributed by atoms with E-state index >= 15 is 0 Å². The number of pyridine rings is 1. The molecule has 0 saturated carbocycles. The van der Waals surface area contributed by atoms with Crippen LogP contribution in [0.3, 0.4) is 0 Å². The van der Waals surface area contributed by atoms with Crippen LogP contribution >= 0.6 is 0 Å². The van der Waals surface area contributed by atoms with Gasteiger partial charge in [0.05, 0.1) is 30.0 Å². The molecule has 0 radical (unpaired) electrons. The van der Waals surface area contributed by atoms with Crippen molar-refractivity contribution in [2.75, 3.05) is 5.32 Å². The number of anilines is 1. The molecule has 4 atom stereocenters. The van der Waals surface area contributed by atoms with Crippen molar-refractivity contribution < 1.29 is 19.4 Å². The topological polar surface area (TPSA) is 88.5 Å². The third-order valence-electron chi connectivity index (χ3n) is 3.42. The molecule has 3 rings (SSSR count). The molecule has 2 N–H and O–H groups in total. The minimum absolute atomic E-state index is 0.350. The first-order valence-corrected chi connectivity index (χ1v) is 5.94. The van der Waals surface area contributed by atoms with E-state index in [9.17, 15) is 14.7 Å². The average Bonchev–Trinajstić information content (AvgIpc) is 2.99. The van der Waals surface area contributed by atoms with Crippen molar-refractivity contribution >= 4 is 17.6 Å². The van der Waals surface area contributed by atoms with Gasteiger partial charge in [-0.1, -0.05) is 12.2 Å². The largest absolute Gasteiger partial charge is 0.481 e. The normalized spacial score (nSPS) is 31.4. The van der Waals surface area contributed by atoms with E-state index in [0.29, 0.717) is 5.69 Å². The molecule has 1 aromatic rings. The summed E-state index contributed by atoms with van der Waals surface area (Å²) in [4.78, 5) is 27.3. The van der Waals surface area contributed by atoms with Gasteiger partial charge in [0.2, 0.25) is 5.91 Å². The molecule has 0 aliphatic carbocycles. The van der Waals surface area contributed by atoms with Crippen molar-refractivity contribution in [3.63, 3.8) is 0 Å². The lowest BCUT2D eigenvalue weighted by molar-refractivity contribution is -0.145. The van der Waals surface area contributed by atoms with Crippen LogP contribution in [0.15, 0.2) is 36.7 Å². The van der Waals surface area contributed by atoms with Crippen LogP contribution < -0.4 is 5.32 Å². The summed E-state index contributed by atoms with van der Waals surface area (Å²) in [5, 5.41) is 11.9. The summed E-state index contributed by atoms with van der Waals surface area (Å²) in [5.41, 5.74) is 0.545. The number of rotatable bonds is 3. The fourth-order valence-electron chi connectivity index (χ4n) is 2.58. The van der Waals surface area contributed by atoms with Gasteiger partial charge >= 0.3 is 5.97 Å². The van der Waals surface area contributed by atoms with Gasteiger partial charge in [0.15, 0.2) is 0 Å². The van der Waals surface area contributed by atoms with Crippen molar-refractivity contribution in [3.05, 3.63) is 36.7 Å². The predicted octanol–water partition coefficient (Wildman–Crippen LogP) is 0.674. The Labute approximate surface area is 109 Å². The van der Waals surface area contributed by atoms with E-state index in [1.165, 1.54) is 6.20 Å². The van der Waals surface area contributed by atoms with Crippen LogP contribution in [0.5, 0.6) is 0 Å². The molecular formula is C13H12N2O4. The number of carbonyl (C=O) groups is 2. The highest BCUT2D eigenvalue weighted by Crippen LogP contribution is 2.39. The zero-order valence-electron chi connectivity index (χ0n) is 9.89. The van der Waals surface area contributed by atoms with Crippen molar-refractivity contribution in [2.45, 2.75) is 12.2 Å². The SMILES string of the molecule is O=C(O)[C@@H]1[C@H](C(=O)Nc2cccnc2)[C@H]2C=C[C@H]1O2.